The molecule has 0 aliphatic heterocycles. The highest BCUT2D eigenvalue weighted by molar-refractivity contribution is 7.24. The normalized spacial score (nSPS) is 11.8. The SMILES string of the molecule is c1ccc(N(c2ccccc2)c2cc3c(s2)c2cc4c(cc2n3-c2ccccc2)c2sc(N(c3ccc5ccccc5c3)c3ccc5ccccc5c3)cc2n4-c2ccccc2)cc1. The van der Waals surface area contributed by atoms with Gasteiger partial charge in [-0.2, -0.15) is 0 Å². The molecule has 0 amide bonds. The molecule has 0 saturated carbocycles. The van der Waals surface area contributed by atoms with E-state index in [4.69, 9.17) is 0 Å². The van der Waals surface area contributed by atoms with Crippen LogP contribution in [0, 0.1) is 0 Å². The molecule has 0 N–H and O–H groups in total. The number of benzene rings is 9. The second-order valence-electron chi connectivity index (χ2n) is 16.2. The van der Waals surface area contributed by atoms with E-state index < -0.39 is 0 Å². The summed E-state index contributed by atoms with van der Waals surface area (Å²) >= 11 is 3.72. The van der Waals surface area contributed by atoms with Crippen LogP contribution in [0.5, 0.6) is 0 Å². The second kappa shape index (κ2) is 14.9. The maximum absolute atomic E-state index is 2.48. The van der Waals surface area contributed by atoms with Gasteiger partial charge in [-0.1, -0.05) is 133 Å². The molecule has 4 aromatic heterocycles. The van der Waals surface area contributed by atoms with Gasteiger partial charge in [-0.3, -0.25) is 0 Å². The van der Waals surface area contributed by atoms with E-state index in [0.29, 0.717) is 0 Å². The van der Waals surface area contributed by atoms with E-state index in [1.165, 1.54) is 68.8 Å². The van der Waals surface area contributed by atoms with Gasteiger partial charge >= 0.3 is 0 Å². The first-order valence-corrected chi connectivity index (χ1v) is 23.2. The molecule has 0 spiro atoms. The molecular formula is C58H38N4S2. The Morgan fingerprint density at radius 1 is 0.281 bits per heavy atom. The maximum Gasteiger partial charge on any atom is 0.103 e. The lowest BCUT2D eigenvalue weighted by Gasteiger charge is -2.24. The van der Waals surface area contributed by atoms with Crippen LogP contribution in [0.1, 0.15) is 0 Å². The van der Waals surface area contributed by atoms with Crippen LogP contribution in [-0.2, 0) is 0 Å². The van der Waals surface area contributed by atoms with Crippen LogP contribution in [-0.4, -0.2) is 9.13 Å². The molecule has 302 valence electrons. The van der Waals surface area contributed by atoms with Crippen molar-refractivity contribution in [1.82, 2.24) is 9.13 Å². The standard InChI is InChI=1S/C58H38N4S2/c1-5-21-43(22-6-1)59(44-23-7-2-8-24-44)55-37-53-57(63-55)49-35-52-50(36-51(49)61(53)45-25-9-3-10-26-45)58-54(62(52)46-27-11-4-12-28-46)38-56(64-58)60(47-31-29-39-17-13-15-19-41(39)33-47)48-32-30-40-18-14-16-20-42(40)34-48/h1-38H. The number of rotatable bonds is 8. The lowest BCUT2D eigenvalue weighted by molar-refractivity contribution is 1.17. The highest BCUT2D eigenvalue weighted by Crippen LogP contribution is 2.50. The van der Waals surface area contributed by atoms with E-state index in [-0.39, 0.29) is 0 Å². The Hall–Kier alpha value is -7.90. The van der Waals surface area contributed by atoms with Crippen LogP contribution in [0.25, 0.3) is 75.2 Å². The fraction of sp³-hybridized carbons (Fsp3) is 0. The van der Waals surface area contributed by atoms with Crippen molar-refractivity contribution in [1.29, 1.82) is 0 Å². The Morgan fingerprint density at radius 3 is 1.06 bits per heavy atom. The number of para-hydroxylation sites is 4. The van der Waals surface area contributed by atoms with E-state index in [1.54, 1.807) is 0 Å². The first kappa shape index (κ1) is 36.7. The molecule has 0 fully saturated rings. The lowest BCUT2D eigenvalue weighted by Crippen LogP contribution is -2.08. The van der Waals surface area contributed by atoms with Crippen LogP contribution < -0.4 is 9.80 Å². The second-order valence-corrected chi connectivity index (χ2v) is 18.3. The van der Waals surface area contributed by atoms with Gasteiger partial charge in [0.15, 0.2) is 0 Å². The molecule has 0 unspecified atom stereocenters. The van der Waals surface area contributed by atoms with Gasteiger partial charge in [-0.25, -0.2) is 0 Å². The fourth-order valence-electron chi connectivity index (χ4n) is 9.55. The molecule has 4 heterocycles. The number of hydrogen-bond acceptors (Lipinski definition) is 4. The monoisotopic (exact) mass is 854 g/mol. The van der Waals surface area contributed by atoms with Gasteiger partial charge in [0, 0.05) is 44.9 Å². The lowest BCUT2D eigenvalue weighted by atomic mass is 10.1. The Balaban J connectivity index is 1.08. The summed E-state index contributed by atoms with van der Waals surface area (Å²) in [4.78, 5) is 4.82. The summed E-state index contributed by atoms with van der Waals surface area (Å²) in [5.74, 6) is 0. The van der Waals surface area contributed by atoms with Crippen LogP contribution in [0.2, 0.25) is 0 Å². The number of aromatic nitrogens is 2. The molecule has 0 radical (unpaired) electrons. The molecule has 0 bridgehead atoms. The summed E-state index contributed by atoms with van der Waals surface area (Å²) in [6.45, 7) is 0. The Kier molecular flexibility index (Phi) is 8.54. The fourth-order valence-corrected chi connectivity index (χ4v) is 12.0. The van der Waals surface area contributed by atoms with E-state index in [0.717, 1.165) is 39.1 Å². The molecule has 0 saturated heterocycles. The van der Waals surface area contributed by atoms with Crippen molar-refractivity contribution in [3.8, 4) is 11.4 Å². The number of nitrogens with zero attached hydrogens (tertiary/aromatic N) is 4. The predicted molar refractivity (Wildman–Crippen MR) is 275 cm³/mol. The zero-order valence-corrected chi connectivity index (χ0v) is 36.2. The Bertz CT molecular complexity index is 3730. The number of thiophene rings is 2. The van der Waals surface area contributed by atoms with Gasteiger partial charge in [0.1, 0.15) is 10.0 Å². The first-order valence-electron chi connectivity index (χ1n) is 21.6. The minimum atomic E-state index is 1.13. The van der Waals surface area contributed by atoms with Crippen molar-refractivity contribution in [3.05, 3.63) is 231 Å². The van der Waals surface area contributed by atoms with Gasteiger partial charge in [0.2, 0.25) is 0 Å². The van der Waals surface area contributed by atoms with Crippen LogP contribution in [0.3, 0.4) is 0 Å². The minimum Gasteiger partial charge on any atom is -0.308 e. The van der Waals surface area contributed by atoms with Gasteiger partial charge in [-0.05, 0) is 119 Å². The summed E-state index contributed by atoms with van der Waals surface area (Å²) < 4.78 is 7.46. The molecule has 9 aromatic carbocycles. The van der Waals surface area contributed by atoms with Gasteiger partial charge < -0.3 is 18.9 Å². The zero-order chi connectivity index (χ0) is 42.1. The third-order valence-electron chi connectivity index (χ3n) is 12.4. The topological polar surface area (TPSA) is 16.3 Å². The summed E-state index contributed by atoms with van der Waals surface area (Å²) in [5.41, 5.74) is 11.6. The van der Waals surface area contributed by atoms with Gasteiger partial charge in [0.05, 0.1) is 31.5 Å². The average Bonchev–Trinajstić information content (AvgIpc) is 4.11. The van der Waals surface area contributed by atoms with E-state index in [1.807, 2.05) is 22.7 Å². The molecule has 0 aliphatic carbocycles. The number of fused-ring (bicyclic) bond motifs is 8. The maximum atomic E-state index is 2.48. The van der Waals surface area contributed by atoms with Crippen LogP contribution in [0.15, 0.2) is 231 Å². The molecule has 0 atom stereocenters. The average molecular weight is 855 g/mol. The molecule has 64 heavy (non-hydrogen) atoms. The van der Waals surface area contributed by atoms with E-state index >= 15 is 0 Å². The molecular weight excluding hydrogens is 817 g/mol. The smallest absolute Gasteiger partial charge is 0.103 e. The summed E-state index contributed by atoms with van der Waals surface area (Å²) in [5, 5.41) is 9.69. The van der Waals surface area contributed by atoms with Crippen LogP contribution >= 0.6 is 22.7 Å². The predicted octanol–water partition coefficient (Wildman–Crippen LogP) is 17.2. The molecule has 4 nitrogen and oxygen atoms in total. The first-order chi connectivity index (χ1) is 31.7. The summed E-state index contributed by atoms with van der Waals surface area (Å²) in [6.07, 6.45) is 0. The van der Waals surface area contributed by atoms with Gasteiger partial charge in [0.25, 0.3) is 0 Å². The Labute approximate surface area is 378 Å². The highest BCUT2D eigenvalue weighted by atomic mass is 32.1. The largest absolute Gasteiger partial charge is 0.308 e. The van der Waals surface area contributed by atoms with Gasteiger partial charge in [-0.15, -0.1) is 22.7 Å². The number of hydrogen-bond donors (Lipinski definition) is 0. The van der Waals surface area contributed by atoms with Crippen molar-refractivity contribution >= 4 is 119 Å². The third-order valence-corrected chi connectivity index (χ3v) is 14.7. The molecule has 6 heteroatoms. The van der Waals surface area contributed by atoms with E-state index in [9.17, 15) is 0 Å². The Morgan fingerprint density at radius 2 is 0.641 bits per heavy atom. The molecule has 13 aromatic rings. The summed E-state index contributed by atoms with van der Waals surface area (Å²) in [6, 6.07) is 83.7. The van der Waals surface area contributed by atoms with Crippen molar-refractivity contribution in [2.75, 3.05) is 9.80 Å². The highest BCUT2D eigenvalue weighted by Gasteiger charge is 2.25. The van der Waals surface area contributed by atoms with Crippen molar-refractivity contribution < 1.29 is 0 Å². The van der Waals surface area contributed by atoms with Crippen molar-refractivity contribution in [2.24, 2.45) is 0 Å². The van der Waals surface area contributed by atoms with E-state index in [2.05, 4.69) is 249 Å². The number of anilines is 6. The quantitative estimate of drug-likeness (QED) is 0.151. The van der Waals surface area contributed by atoms with Crippen molar-refractivity contribution in [3.63, 3.8) is 0 Å². The molecule has 13 rings (SSSR count). The molecule has 0 aliphatic rings. The van der Waals surface area contributed by atoms with Crippen molar-refractivity contribution in [2.45, 2.75) is 0 Å². The zero-order valence-electron chi connectivity index (χ0n) is 34.5. The minimum absolute atomic E-state index is 1.13. The third kappa shape index (κ3) is 5.95. The van der Waals surface area contributed by atoms with Crippen LogP contribution in [0.4, 0.5) is 32.8 Å². The summed E-state index contributed by atoms with van der Waals surface area (Å²) in [7, 11) is 0.